The molecular formula is C22H24N4O4. The highest BCUT2D eigenvalue weighted by Gasteiger charge is 2.20. The van der Waals surface area contributed by atoms with Gasteiger partial charge in [-0.05, 0) is 30.7 Å². The molecule has 1 N–H and O–H groups in total. The normalized spacial score (nSPS) is 13.6. The average molecular weight is 408 g/mol. The predicted molar refractivity (Wildman–Crippen MR) is 112 cm³/mol. The van der Waals surface area contributed by atoms with Gasteiger partial charge in [-0.1, -0.05) is 6.07 Å². The monoisotopic (exact) mass is 408 g/mol. The molecule has 1 aromatic carbocycles. The lowest BCUT2D eigenvalue weighted by atomic mass is 10.2. The molecule has 1 aliphatic rings. The summed E-state index contributed by atoms with van der Waals surface area (Å²) in [5.74, 6) is 1.06. The average Bonchev–Trinajstić information content (AvgIpc) is 3.36. The zero-order valence-corrected chi connectivity index (χ0v) is 16.8. The topological polar surface area (TPSA) is 85.2 Å². The summed E-state index contributed by atoms with van der Waals surface area (Å²) in [6.07, 6.45) is 5.54. The number of ether oxygens (including phenoxy) is 2. The van der Waals surface area contributed by atoms with E-state index >= 15 is 0 Å². The number of likely N-dealkylation sites (tertiary alicyclic amines) is 1. The predicted octanol–water partition coefficient (Wildman–Crippen LogP) is 2.87. The van der Waals surface area contributed by atoms with Gasteiger partial charge in [0.05, 0.1) is 12.8 Å². The molecule has 8 nitrogen and oxygen atoms in total. The number of carbonyl (C=O) groups is 2. The third kappa shape index (κ3) is 4.53. The van der Waals surface area contributed by atoms with E-state index in [0.717, 1.165) is 24.3 Å². The number of benzene rings is 1. The second-order valence-electron chi connectivity index (χ2n) is 7.14. The van der Waals surface area contributed by atoms with Crippen LogP contribution < -0.4 is 14.8 Å². The molecule has 4 rings (SSSR count). The molecular weight excluding hydrogens is 384 g/mol. The molecule has 2 amide bonds. The van der Waals surface area contributed by atoms with Crippen molar-refractivity contribution < 1.29 is 19.1 Å². The Balaban J connectivity index is 1.38. The molecule has 2 aromatic heterocycles. The minimum Gasteiger partial charge on any atom is -0.493 e. The molecule has 3 heterocycles. The molecule has 0 saturated carbocycles. The Labute approximate surface area is 174 Å². The molecule has 1 saturated heterocycles. The van der Waals surface area contributed by atoms with Crippen molar-refractivity contribution >= 4 is 23.1 Å². The molecule has 0 atom stereocenters. The first-order valence-corrected chi connectivity index (χ1v) is 9.93. The van der Waals surface area contributed by atoms with Gasteiger partial charge in [-0.15, -0.1) is 0 Å². The Bertz CT molecular complexity index is 1030. The minimum atomic E-state index is -0.147. The first-order chi connectivity index (χ1) is 14.6. The standard InChI is InChI=1S/C22H24N4O4/c1-29-18-8-7-16(24-21(27)9-12-25-11-4-6-22(25)28)13-19(18)30-15-17-14-26-10-3-2-5-20(26)23-17/h2-3,5,7-8,10,13-14H,4,6,9,11-12,15H2,1H3,(H,24,27). The van der Waals surface area contributed by atoms with E-state index in [2.05, 4.69) is 10.3 Å². The third-order valence-electron chi connectivity index (χ3n) is 5.02. The highest BCUT2D eigenvalue weighted by molar-refractivity contribution is 5.91. The number of hydrogen-bond donors (Lipinski definition) is 1. The molecule has 0 bridgehead atoms. The number of carbonyl (C=O) groups excluding carboxylic acids is 2. The summed E-state index contributed by atoms with van der Waals surface area (Å²) in [6, 6.07) is 11.0. The summed E-state index contributed by atoms with van der Waals surface area (Å²) in [5.41, 5.74) is 2.24. The number of rotatable bonds is 8. The molecule has 8 heteroatoms. The summed E-state index contributed by atoms with van der Waals surface area (Å²) in [5, 5.41) is 2.86. The van der Waals surface area contributed by atoms with Crippen molar-refractivity contribution in [3.05, 3.63) is 54.5 Å². The fourth-order valence-corrected chi connectivity index (χ4v) is 3.48. The van der Waals surface area contributed by atoms with E-state index < -0.39 is 0 Å². The molecule has 156 valence electrons. The van der Waals surface area contributed by atoms with E-state index in [4.69, 9.17) is 9.47 Å². The van der Waals surface area contributed by atoms with E-state index in [1.54, 1.807) is 30.2 Å². The van der Waals surface area contributed by atoms with Crippen LogP contribution >= 0.6 is 0 Å². The lowest BCUT2D eigenvalue weighted by Gasteiger charge is -2.15. The van der Waals surface area contributed by atoms with Crippen molar-refractivity contribution in [2.45, 2.75) is 25.9 Å². The Morgan fingerprint density at radius 2 is 2.13 bits per heavy atom. The quantitative estimate of drug-likeness (QED) is 0.620. The van der Waals surface area contributed by atoms with E-state index in [9.17, 15) is 9.59 Å². The van der Waals surface area contributed by atoms with E-state index in [-0.39, 0.29) is 24.8 Å². The maximum Gasteiger partial charge on any atom is 0.226 e. The molecule has 0 radical (unpaired) electrons. The number of imidazole rings is 1. The number of amides is 2. The molecule has 0 spiro atoms. The SMILES string of the molecule is COc1ccc(NC(=O)CCN2CCCC2=O)cc1OCc1cn2ccccc2n1. The largest absolute Gasteiger partial charge is 0.493 e. The second kappa shape index (κ2) is 8.86. The maximum atomic E-state index is 12.3. The lowest BCUT2D eigenvalue weighted by Crippen LogP contribution is -2.28. The van der Waals surface area contributed by atoms with E-state index in [1.807, 2.05) is 35.0 Å². The van der Waals surface area contributed by atoms with Crippen molar-refractivity contribution in [1.29, 1.82) is 0 Å². The van der Waals surface area contributed by atoms with Crippen LogP contribution in [0.25, 0.3) is 5.65 Å². The number of nitrogens with zero attached hydrogens (tertiary/aromatic N) is 3. The minimum absolute atomic E-state index is 0.120. The smallest absolute Gasteiger partial charge is 0.226 e. The van der Waals surface area contributed by atoms with Gasteiger partial charge in [-0.2, -0.15) is 0 Å². The van der Waals surface area contributed by atoms with Crippen LogP contribution in [0.2, 0.25) is 0 Å². The number of anilines is 1. The third-order valence-corrected chi connectivity index (χ3v) is 5.02. The summed E-state index contributed by atoms with van der Waals surface area (Å²) in [7, 11) is 1.57. The van der Waals surface area contributed by atoms with Gasteiger partial charge in [0.25, 0.3) is 0 Å². The highest BCUT2D eigenvalue weighted by Crippen LogP contribution is 2.31. The van der Waals surface area contributed by atoms with Crippen molar-refractivity contribution in [2.75, 3.05) is 25.5 Å². The van der Waals surface area contributed by atoms with E-state index in [1.165, 1.54) is 0 Å². The van der Waals surface area contributed by atoms with Gasteiger partial charge in [0.15, 0.2) is 11.5 Å². The van der Waals surface area contributed by atoms with Crippen molar-refractivity contribution in [3.8, 4) is 11.5 Å². The summed E-state index contributed by atoms with van der Waals surface area (Å²) in [4.78, 5) is 30.2. The van der Waals surface area contributed by atoms with Crippen LogP contribution in [-0.2, 0) is 16.2 Å². The fraction of sp³-hybridized carbons (Fsp3) is 0.318. The summed E-state index contributed by atoms with van der Waals surface area (Å²) >= 11 is 0. The van der Waals surface area contributed by atoms with Crippen molar-refractivity contribution in [2.24, 2.45) is 0 Å². The first kappa shape index (κ1) is 19.8. The van der Waals surface area contributed by atoms with Crippen molar-refractivity contribution in [3.63, 3.8) is 0 Å². The van der Waals surface area contributed by atoms with Crippen LogP contribution in [0.1, 0.15) is 25.0 Å². The van der Waals surface area contributed by atoms with Crippen LogP contribution in [0.4, 0.5) is 5.69 Å². The number of aromatic nitrogens is 2. The lowest BCUT2D eigenvalue weighted by molar-refractivity contribution is -0.128. The zero-order chi connectivity index (χ0) is 20.9. The van der Waals surface area contributed by atoms with Crippen LogP contribution in [0.15, 0.2) is 48.8 Å². The molecule has 0 unspecified atom stereocenters. The first-order valence-electron chi connectivity index (χ1n) is 9.93. The number of nitrogens with one attached hydrogen (secondary N) is 1. The van der Waals surface area contributed by atoms with Crippen LogP contribution in [0.5, 0.6) is 11.5 Å². The van der Waals surface area contributed by atoms with Crippen LogP contribution in [0.3, 0.4) is 0 Å². The van der Waals surface area contributed by atoms with Gasteiger partial charge in [-0.25, -0.2) is 4.98 Å². The Kier molecular flexibility index (Phi) is 5.83. The van der Waals surface area contributed by atoms with E-state index in [0.29, 0.717) is 30.2 Å². The number of fused-ring (bicyclic) bond motifs is 1. The van der Waals surface area contributed by atoms with Gasteiger partial charge in [0.1, 0.15) is 12.3 Å². The fourth-order valence-electron chi connectivity index (χ4n) is 3.48. The van der Waals surface area contributed by atoms with Crippen LogP contribution in [0, 0.1) is 0 Å². The van der Waals surface area contributed by atoms with Gasteiger partial charge in [0.2, 0.25) is 11.8 Å². The molecule has 3 aromatic rings. The Morgan fingerprint density at radius 3 is 2.90 bits per heavy atom. The molecule has 0 aliphatic carbocycles. The Morgan fingerprint density at radius 1 is 1.23 bits per heavy atom. The zero-order valence-electron chi connectivity index (χ0n) is 16.8. The van der Waals surface area contributed by atoms with Crippen molar-refractivity contribution in [1.82, 2.24) is 14.3 Å². The number of pyridine rings is 1. The summed E-state index contributed by atoms with van der Waals surface area (Å²) < 4.78 is 13.2. The number of methoxy groups -OCH3 is 1. The van der Waals surface area contributed by atoms with Gasteiger partial charge in [-0.3, -0.25) is 9.59 Å². The molecule has 1 fully saturated rings. The van der Waals surface area contributed by atoms with Crippen LogP contribution in [-0.4, -0.2) is 46.3 Å². The summed E-state index contributed by atoms with van der Waals surface area (Å²) in [6.45, 7) is 1.44. The highest BCUT2D eigenvalue weighted by atomic mass is 16.5. The Hall–Kier alpha value is -3.55. The van der Waals surface area contributed by atoms with Gasteiger partial charge < -0.3 is 24.1 Å². The van der Waals surface area contributed by atoms with Gasteiger partial charge in [0, 0.05) is 50.1 Å². The van der Waals surface area contributed by atoms with Gasteiger partial charge >= 0.3 is 0 Å². The second-order valence-corrected chi connectivity index (χ2v) is 7.14. The molecule has 30 heavy (non-hydrogen) atoms. The maximum absolute atomic E-state index is 12.3. The number of hydrogen-bond acceptors (Lipinski definition) is 5. The molecule has 1 aliphatic heterocycles.